The van der Waals surface area contributed by atoms with E-state index in [0.717, 1.165) is 19.3 Å². The van der Waals surface area contributed by atoms with Crippen LogP contribution in [0.3, 0.4) is 0 Å². The Labute approximate surface area is 162 Å². The highest BCUT2D eigenvalue weighted by molar-refractivity contribution is 5.89. The Morgan fingerprint density at radius 1 is 1.11 bits per heavy atom. The number of hydrogen-bond acceptors (Lipinski definition) is 3. The summed E-state index contributed by atoms with van der Waals surface area (Å²) in [5.41, 5.74) is 0.878. The van der Waals surface area contributed by atoms with Gasteiger partial charge in [-0.25, -0.2) is 4.79 Å². The van der Waals surface area contributed by atoms with E-state index in [1.54, 1.807) is 38.4 Å². The van der Waals surface area contributed by atoms with Crippen molar-refractivity contribution in [2.75, 3.05) is 26.0 Å². The van der Waals surface area contributed by atoms with Crippen LogP contribution in [0, 0.1) is 11.3 Å². The van der Waals surface area contributed by atoms with Gasteiger partial charge in [0.1, 0.15) is 5.75 Å². The predicted molar refractivity (Wildman–Crippen MR) is 108 cm³/mol. The lowest BCUT2D eigenvalue weighted by molar-refractivity contribution is -0.130. The summed E-state index contributed by atoms with van der Waals surface area (Å²) in [7, 11) is 3.38. The molecular formula is C21H33N3O3. The van der Waals surface area contributed by atoms with E-state index >= 15 is 0 Å². The number of urea groups is 1. The first-order valence-electron chi connectivity index (χ1n) is 9.67. The third kappa shape index (κ3) is 6.45. The fraction of sp³-hybridized carbons (Fsp3) is 0.619. The quantitative estimate of drug-likeness (QED) is 0.820. The van der Waals surface area contributed by atoms with E-state index < -0.39 is 0 Å². The zero-order valence-electron chi connectivity index (χ0n) is 17.2. The lowest BCUT2D eigenvalue weighted by Crippen LogP contribution is -2.48. The summed E-state index contributed by atoms with van der Waals surface area (Å²) in [5.74, 6) is 0.982. The van der Waals surface area contributed by atoms with Gasteiger partial charge in [0.05, 0.1) is 0 Å². The monoisotopic (exact) mass is 375 g/mol. The van der Waals surface area contributed by atoms with E-state index in [9.17, 15) is 9.59 Å². The van der Waals surface area contributed by atoms with Crippen molar-refractivity contribution in [3.63, 3.8) is 0 Å². The third-order valence-corrected chi connectivity index (χ3v) is 5.17. The van der Waals surface area contributed by atoms with Crippen molar-refractivity contribution in [2.24, 2.45) is 11.3 Å². The molecule has 0 aromatic heterocycles. The van der Waals surface area contributed by atoms with Crippen LogP contribution >= 0.6 is 0 Å². The van der Waals surface area contributed by atoms with E-state index in [4.69, 9.17) is 4.74 Å². The highest BCUT2D eigenvalue weighted by atomic mass is 16.5. The first-order valence-corrected chi connectivity index (χ1v) is 9.67. The second-order valence-corrected chi connectivity index (χ2v) is 8.56. The van der Waals surface area contributed by atoms with Gasteiger partial charge in [-0.05, 0) is 48.4 Å². The number of benzene rings is 1. The van der Waals surface area contributed by atoms with Crippen molar-refractivity contribution in [1.29, 1.82) is 0 Å². The summed E-state index contributed by atoms with van der Waals surface area (Å²) in [4.78, 5) is 25.5. The first kappa shape index (κ1) is 21.1. The van der Waals surface area contributed by atoms with E-state index in [0.29, 0.717) is 17.4 Å². The van der Waals surface area contributed by atoms with Gasteiger partial charge in [0, 0.05) is 25.8 Å². The maximum atomic E-state index is 12.4. The van der Waals surface area contributed by atoms with Gasteiger partial charge in [-0.15, -0.1) is 0 Å². The molecule has 1 fully saturated rings. The van der Waals surface area contributed by atoms with Gasteiger partial charge in [0.25, 0.3) is 5.91 Å². The smallest absolute Gasteiger partial charge is 0.319 e. The number of ether oxygens (including phenoxy) is 1. The van der Waals surface area contributed by atoms with Crippen molar-refractivity contribution in [1.82, 2.24) is 10.2 Å². The minimum absolute atomic E-state index is 0.00384. The Bertz CT molecular complexity index is 635. The largest absolute Gasteiger partial charge is 0.484 e. The summed E-state index contributed by atoms with van der Waals surface area (Å²) in [6.07, 6.45) is 4.59. The maximum absolute atomic E-state index is 12.4. The fourth-order valence-corrected chi connectivity index (χ4v) is 3.58. The first-order chi connectivity index (χ1) is 12.7. The normalized spacial score (nSPS) is 19.9. The number of hydrogen-bond donors (Lipinski definition) is 2. The second kappa shape index (κ2) is 9.11. The molecule has 1 aromatic rings. The molecular weight excluding hydrogens is 342 g/mol. The van der Waals surface area contributed by atoms with Crippen LogP contribution in [0.25, 0.3) is 0 Å². The predicted octanol–water partition coefficient (Wildman–Crippen LogP) is 3.88. The average Bonchev–Trinajstić information content (AvgIpc) is 2.60. The zero-order valence-corrected chi connectivity index (χ0v) is 17.2. The molecule has 2 rings (SSSR count). The molecule has 0 spiro atoms. The van der Waals surface area contributed by atoms with Crippen molar-refractivity contribution in [3.05, 3.63) is 24.3 Å². The molecule has 1 aromatic carbocycles. The van der Waals surface area contributed by atoms with Gasteiger partial charge >= 0.3 is 6.03 Å². The standard InChI is InChI=1S/C21H33N3O3/c1-21(2,3)17-8-6-7-9-18(17)23-20(26)22-15-10-12-16(13-11-15)27-14-19(25)24(4)5/h10-13,17-18H,6-9,14H2,1-5H3,(H2,22,23,26)/t17-,18+/m0/s1. The highest BCUT2D eigenvalue weighted by Crippen LogP contribution is 2.38. The Kier molecular flexibility index (Phi) is 7.11. The summed E-state index contributed by atoms with van der Waals surface area (Å²) >= 11 is 0. The fourth-order valence-electron chi connectivity index (χ4n) is 3.58. The van der Waals surface area contributed by atoms with Crippen LogP contribution in [0.4, 0.5) is 10.5 Å². The van der Waals surface area contributed by atoms with Gasteiger partial charge in [0.2, 0.25) is 0 Å². The Hall–Kier alpha value is -2.24. The molecule has 2 N–H and O–H groups in total. The van der Waals surface area contributed by atoms with Crippen molar-refractivity contribution in [2.45, 2.75) is 52.5 Å². The van der Waals surface area contributed by atoms with Gasteiger partial charge in [-0.3, -0.25) is 4.79 Å². The van der Waals surface area contributed by atoms with Gasteiger partial charge in [-0.2, -0.15) is 0 Å². The molecule has 0 saturated heterocycles. The lowest BCUT2D eigenvalue weighted by Gasteiger charge is -2.40. The summed E-state index contributed by atoms with van der Waals surface area (Å²) in [6.45, 7) is 6.73. The highest BCUT2D eigenvalue weighted by Gasteiger charge is 2.34. The minimum Gasteiger partial charge on any atom is -0.484 e. The van der Waals surface area contributed by atoms with Crippen LogP contribution in [0.5, 0.6) is 5.75 Å². The number of carbonyl (C=O) groups is 2. The van der Waals surface area contributed by atoms with Crippen molar-refractivity contribution < 1.29 is 14.3 Å². The molecule has 1 aliphatic rings. The maximum Gasteiger partial charge on any atom is 0.319 e. The number of rotatable bonds is 5. The van der Waals surface area contributed by atoms with E-state index in [1.807, 2.05) is 0 Å². The molecule has 0 heterocycles. The molecule has 0 bridgehead atoms. The summed E-state index contributed by atoms with van der Waals surface area (Å²) < 4.78 is 5.44. The Balaban J connectivity index is 1.87. The number of nitrogens with one attached hydrogen (secondary N) is 2. The molecule has 6 nitrogen and oxygen atoms in total. The van der Waals surface area contributed by atoms with Crippen molar-refractivity contribution in [3.8, 4) is 5.75 Å². The van der Waals surface area contributed by atoms with Crippen LogP contribution in [0.1, 0.15) is 46.5 Å². The van der Waals surface area contributed by atoms with E-state index in [2.05, 4.69) is 31.4 Å². The molecule has 2 atom stereocenters. The van der Waals surface area contributed by atoms with Crippen LogP contribution in [0.15, 0.2) is 24.3 Å². The number of amides is 3. The average molecular weight is 376 g/mol. The Morgan fingerprint density at radius 2 is 1.74 bits per heavy atom. The molecule has 27 heavy (non-hydrogen) atoms. The van der Waals surface area contributed by atoms with Crippen LogP contribution in [-0.4, -0.2) is 43.6 Å². The molecule has 6 heteroatoms. The number of nitrogens with zero attached hydrogens (tertiary/aromatic N) is 1. The molecule has 1 aliphatic carbocycles. The van der Waals surface area contributed by atoms with E-state index in [1.165, 1.54) is 11.3 Å². The molecule has 0 aliphatic heterocycles. The Morgan fingerprint density at radius 3 is 2.33 bits per heavy atom. The molecule has 150 valence electrons. The number of carbonyl (C=O) groups excluding carboxylic acids is 2. The van der Waals surface area contributed by atoms with Gasteiger partial charge in [-0.1, -0.05) is 33.6 Å². The van der Waals surface area contributed by atoms with Crippen molar-refractivity contribution >= 4 is 17.6 Å². The van der Waals surface area contributed by atoms with E-state index in [-0.39, 0.29) is 30.0 Å². The third-order valence-electron chi connectivity index (χ3n) is 5.17. The lowest BCUT2D eigenvalue weighted by atomic mass is 9.69. The summed E-state index contributed by atoms with van der Waals surface area (Å²) in [6, 6.07) is 7.08. The minimum atomic E-state index is -0.174. The summed E-state index contributed by atoms with van der Waals surface area (Å²) in [5, 5.41) is 6.05. The molecule has 1 saturated carbocycles. The van der Waals surface area contributed by atoms with Crippen LogP contribution < -0.4 is 15.4 Å². The van der Waals surface area contributed by atoms with Crippen LogP contribution in [-0.2, 0) is 4.79 Å². The van der Waals surface area contributed by atoms with Gasteiger partial charge in [0.15, 0.2) is 6.61 Å². The SMILES string of the molecule is CN(C)C(=O)COc1ccc(NC(=O)N[C@@H]2CCCC[C@@H]2C(C)(C)C)cc1. The molecule has 0 unspecified atom stereocenters. The second-order valence-electron chi connectivity index (χ2n) is 8.56. The van der Waals surface area contributed by atoms with Gasteiger partial charge < -0.3 is 20.3 Å². The number of anilines is 1. The number of likely N-dealkylation sites (N-methyl/N-ethyl adjacent to an activating group) is 1. The zero-order chi connectivity index (χ0) is 20.0. The molecule has 3 amide bonds. The topological polar surface area (TPSA) is 70.7 Å². The molecule has 0 radical (unpaired) electrons. The van der Waals surface area contributed by atoms with Crippen LogP contribution in [0.2, 0.25) is 0 Å².